The number of hydrogen-bond acceptors (Lipinski definition) is 3. The maximum atomic E-state index is 4.79. The van der Waals surface area contributed by atoms with Gasteiger partial charge >= 0.3 is 0 Å². The maximum Gasteiger partial charge on any atom is 0.114 e. The van der Waals surface area contributed by atoms with Gasteiger partial charge in [0.2, 0.25) is 0 Å². The molecule has 1 aliphatic carbocycles. The molecular formula is C13H22N2S. The summed E-state index contributed by atoms with van der Waals surface area (Å²) in [4.78, 5) is 6.16. The molecule has 2 atom stereocenters. The van der Waals surface area contributed by atoms with Crippen molar-refractivity contribution in [2.24, 2.45) is 5.92 Å². The van der Waals surface area contributed by atoms with Gasteiger partial charge in [-0.25, -0.2) is 4.98 Å². The molecule has 1 aromatic heterocycles. The SMILES string of the molecule is CCNC1(c2nc(C)c(C)s2)CCCC1C. The number of aromatic nitrogens is 1. The van der Waals surface area contributed by atoms with Crippen LogP contribution >= 0.6 is 11.3 Å². The van der Waals surface area contributed by atoms with Crippen LogP contribution in [0.15, 0.2) is 0 Å². The number of nitrogens with one attached hydrogen (secondary N) is 1. The van der Waals surface area contributed by atoms with Crippen molar-refractivity contribution in [1.29, 1.82) is 0 Å². The van der Waals surface area contributed by atoms with Gasteiger partial charge in [0, 0.05) is 4.88 Å². The lowest BCUT2D eigenvalue weighted by molar-refractivity contribution is 0.267. The van der Waals surface area contributed by atoms with Gasteiger partial charge in [0.05, 0.1) is 11.2 Å². The highest BCUT2D eigenvalue weighted by atomic mass is 32.1. The van der Waals surface area contributed by atoms with Crippen molar-refractivity contribution < 1.29 is 0 Å². The fraction of sp³-hybridized carbons (Fsp3) is 0.769. The van der Waals surface area contributed by atoms with E-state index in [9.17, 15) is 0 Å². The Morgan fingerprint density at radius 2 is 2.25 bits per heavy atom. The summed E-state index contributed by atoms with van der Waals surface area (Å²) in [6.45, 7) is 9.88. The van der Waals surface area contributed by atoms with E-state index in [0.717, 1.165) is 6.54 Å². The van der Waals surface area contributed by atoms with Crippen LogP contribution in [0.1, 0.15) is 48.7 Å². The molecule has 2 nitrogen and oxygen atoms in total. The lowest BCUT2D eigenvalue weighted by Gasteiger charge is -2.32. The highest BCUT2D eigenvalue weighted by Gasteiger charge is 2.43. The Kier molecular flexibility index (Phi) is 3.36. The standard InChI is InChI=1S/C13H22N2S/c1-5-14-13(8-6-7-9(13)2)12-15-10(3)11(4)16-12/h9,14H,5-8H2,1-4H3. The predicted octanol–water partition coefficient (Wildman–Crippen LogP) is 3.38. The summed E-state index contributed by atoms with van der Waals surface area (Å²) < 4.78 is 0. The Morgan fingerprint density at radius 1 is 1.50 bits per heavy atom. The van der Waals surface area contributed by atoms with Gasteiger partial charge in [0.1, 0.15) is 5.01 Å². The van der Waals surface area contributed by atoms with Gasteiger partial charge in [-0.1, -0.05) is 20.3 Å². The van der Waals surface area contributed by atoms with E-state index >= 15 is 0 Å². The van der Waals surface area contributed by atoms with E-state index in [-0.39, 0.29) is 5.54 Å². The summed E-state index contributed by atoms with van der Waals surface area (Å²) in [6, 6.07) is 0. The second-order valence-electron chi connectivity index (χ2n) is 4.96. The average molecular weight is 238 g/mol. The fourth-order valence-electron chi connectivity index (χ4n) is 2.81. The van der Waals surface area contributed by atoms with Crippen molar-refractivity contribution in [1.82, 2.24) is 10.3 Å². The molecule has 0 amide bonds. The molecule has 1 aliphatic rings. The van der Waals surface area contributed by atoms with Crippen LogP contribution in [0.25, 0.3) is 0 Å². The molecule has 90 valence electrons. The smallest absolute Gasteiger partial charge is 0.114 e. The minimum Gasteiger partial charge on any atom is -0.305 e. The van der Waals surface area contributed by atoms with E-state index < -0.39 is 0 Å². The van der Waals surface area contributed by atoms with Gasteiger partial charge < -0.3 is 5.32 Å². The molecule has 0 aromatic carbocycles. The van der Waals surface area contributed by atoms with Crippen LogP contribution in [0.4, 0.5) is 0 Å². The van der Waals surface area contributed by atoms with Crippen molar-refractivity contribution in [3.63, 3.8) is 0 Å². The van der Waals surface area contributed by atoms with Crippen LogP contribution in [0, 0.1) is 19.8 Å². The molecule has 0 saturated heterocycles. The zero-order chi connectivity index (χ0) is 11.8. The highest BCUT2D eigenvalue weighted by molar-refractivity contribution is 7.11. The van der Waals surface area contributed by atoms with E-state index in [1.54, 1.807) is 0 Å². The first-order chi connectivity index (χ1) is 7.60. The summed E-state index contributed by atoms with van der Waals surface area (Å²) in [5.41, 5.74) is 1.37. The van der Waals surface area contributed by atoms with Gasteiger partial charge in [0.25, 0.3) is 0 Å². The highest BCUT2D eigenvalue weighted by Crippen LogP contribution is 2.45. The third-order valence-electron chi connectivity index (χ3n) is 3.95. The Balaban J connectivity index is 2.39. The van der Waals surface area contributed by atoms with E-state index in [1.165, 1.54) is 34.8 Å². The number of aryl methyl sites for hydroxylation is 2. The first-order valence-electron chi connectivity index (χ1n) is 6.29. The second kappa shape index (κ2) is 4.46. The molecular weight excluding hydrogens is 216 g/mol. The lowest BCUT2D eigenvalue weighted by atomic mass is 9.89. The van der Waals surface area contributed by atoms with Crippen LogP contribution in [0.3, 0.4) is 0 Å². The van der Waals surface area contributed by atoms with E-state index in [0.29, 0.717) is 5.92 Å². The topological polar surface area (TPSA) is 24.9 Å². The minimum atomic E-state index is 0.165. The van der Waals surface area contributed by atoms with Crippen LogP contribution in [0.5, 0.6) is 0 Å². The predicted molar refractivity (Wildman–Crippen MR) is 70.0 cm³/mol. The van der Waals surface area contributed by atoms with Gasteiger partial charge in [-0.05, 0) is 39.2 Å². The molecule has 1 saturated carbocycles. The zero-order valence-electron chi connectivity index (χ0n) is 10.8. The van der Waals surface area contributed by atoms with Gasteiger partial charge in [-0.15, -0.1) is 11.3 Å². The summed E-state index contributed by atoms with van der Waals surface area (Å²) >= 11 is 1.88. The van der Waals surface area contributed by atoms with Gasteiger partial charge in [0.15, 0.2) is 0 Å². The third-order valence-corrected chi connectivity index (χ3v) is 5.20. The Bertz CT molecular complexity index is 353. The fourth-order valence-corrected chi connectivity index (χ4v) is 4.04. The molecule has 1 fully saturated rings. The monoisotopic (exact) mass is 238 g/mol. The van der Waals surface area contributed by atoms with Crippen LogP contribution in [-0.4, -0.2) is 11.5 Å². The molecule has 0 bridgehead atoms. The van der Waals surface area contributed by atoms with Crippen molar-refractivity contribution in [3.05, 3.63) is 15.6 Å². The summed E-state index contributed by atoms with van der Waals surface area (Å²) in [7, 11) is 0. The zero-order valence-corrected chi connectivity index (χ0v) is 11.6. The molecule has 1 heterocycles. The Morgan fingerprint density at radius 3 is 2.69 bits per heavy atom. The normalized spacial score (nSPS) is 29.9. The molecule has 2 rings (SSSR count). The number of rotatable bonds is 3. The van der Waals surface area contributed by atoms with E-state index in [1.807, 2.05) is 11.3 Å². The summed E-state index contributed by atoms with van der Waals surface area (Å²) in [6.07, 6.45) is 3.89. The molecule has 2 unspecified atom stereocenters. The minimum absolute atomic E-state index is 0.165. The van der Waals surface area contributed by atoms with Crippen molar-refractivity contribution in [2.75, 3.05) is 6.54 Å². The average Bonchev–Trinajstić information content (AvgIpc) is 2.75. The summed E-state index contributed by atoms with van der Waals surface area (Å²) in [5.74, 6) is 0.706. The van der Waals surface area contributed by atoms with Crippen molar-refractivity contribution in [2.45, 2.75) is 52.5 Å². The number of nitrogens with zero attached hydrogens (tertiary/aromatic N) is 1. The van der Waals surface area contributed by atoms with Crippen LogP contribution in [0.2, 0.25) is 0 Å². The van der Waals surface area contributed by atoms with Crippen LogP contribution in [-0.2, 0) is 5.54 Å². The van der Waals surface area contributed by atoms with Crippen molar-refractivity contribution >= 4 is 11.3 Å². The van der Waals surface area contributed by atoms with E-state index in [2.05, 4.69) is 33.0 Å². The van der Waals surface area contributed by atoms with E-state index in [4.69, 9.17) is 4.98 Å². The lowest BCUT2D eigenvalue weighted by Crippen LogP contribution is -2.44. The third kappa shape index (κ3) is 1.80. The largest absolute Gasteiger partial charge is 0.305 e. The first-order valence-corrected chi connectivity index (χ1v) is 7.11. The first kappa shape index (κ1) is 12.1. The second-order valence-corrected chi connectivity index (χ2v) is 6.16. The number of thiazole rings is 1. The molecule has 0 radical (unpaired) electrons. The Labute approximate surface area is 102 Å². The quantitative estimate of drug-likeness (QED) is 0.873. The van der Waals surface area contributed by atoms with Crippen molar-refractivity contribution in [3.8, 4) is 0 Å². The molecule has 3 heteroatoms. The maximum absolute atomic E-state index is 4.79. The summed E-state index contributed by atoms with van der Waals surface area (Å²) in [5, 5.41) is 5.03. The molecule has 1 N–H and O–H groups in total. The molecule has 0 spiro atoms. The number of hydrogen-bond donors (Lipinski definition) is 1. The van der Waals surface area contributed by atoms with Gasteiger partial charge in [-0.2, -0.15) is 0 Å². The molecule has 16 heavy (non-hydrogen) atoms. The van der Waals surface area contributed by atoms with Crippen LogP contribution < -0.4 is 5.32 Å². The van der Waals surface area contributed by atoms with Gasteiger partial charge in [-0.3, -0.25) is 0 Å². The molecule has 1 aromatic rings. The molecule has 0 aliphatic heterocycles. The Hall–Kier alpha value is -0.410.